The molecule has 1 rings (SSSR count). The fraction of sp³-hybridized carbons (Fsp3) is 1.00. The van der Waals surface area contributed by atoms with Gasteiger partial charge in [-0.15, -0.1) is 0 Å². The Labute approximate surface area is 105 Å². The van der Waals surface area contributed by atoms with E-state index in [0.29, 0.717) is 13.0 Å². The molecule has 0 spiro atoms. The van der Waals surface area contributed by atoms with E-state index in [1.165, 1.54) is 4.31 Å². The van der Waals surface area contributed by atoms with Gasteiger partial charge >= 0.3 is 0 Å². The Morgan fingerprint density at radius 3 is 2.53 bits per heavy atom. The summed E-state index contributed by atoms with van der Waals surface area (Å²) in [5.74, 6) is 0.341. The first kappa shape index (κ1) is 14.9. The molecule has 4 nitrogen and oxygen atoms in total. The third-order valence-corrected chi connectivity index (χ3v) is 5.49. The molecule has 1 N–H and O–H groups in total. The van der Waals surface area contributed by atoms with Crippen LogP contribution in [-0.2, 0) is 10.0 Å². The van der Waals surface area contributed by atoms with Crippen molar-refractivity contribution in [3.8, 4) is 0 Å². The number of sulfonamides is 1. The fourth-order valence-electron chi connectivity index (χ4n) is 2.33. The maximum absolute atomic E-state index is 11.9. The summed E-state index contributed by atoms with van der Waals surface area (Å²) in [7, 11) is -1.49. The van der Waals surface area contributed by atoms with Crippen LogP contribution in [0.3, 0.4) is 0 Å². The Hall–Kier alpha value is -0.130. The minimum absolute atomic E-state index is 0.116. The van der Waals surface area contributed by atoms with E-state index in [-0.39, 0.29) is 17.8 Å². The molecule has 1 aliphatic carbocycles. The molecule has 0 radical (unpaired) electrons. The van der Waals surface area contributed by atoms with E-state index in [0.717, 1.165) is 32.1 Å². The standard InChI is InChI=1S/C12H25NO3S/c1-3-4-9-17(15,16)13(2)10-11-7-5-6-8-12(11)14/h11-12,14H,3-10H2,1-2H3. The molecule has 0 bridgehead atoms. The van der Waals surface area contributed by atoms with Crippen LogP contribution in [0.5, 0.6) is 0 Å². The molecule has 1 fully saturated rings. The quantitative estimate of drug-likeness (QED) is 0.792. The lowest BCUT2D eigenvalue weighted by atomic mass is 9.86. The van der Waals surface area contributed by atoms with E-state index in [1.807, 2.05) is 6.92 Å². The number of hydrogen-bond donors (Lipinski definition) is 1. The minimum Gasteiger partial charge on any atom is -0.393 e. The Morgan fingerprint density at radius 2 is 1.94 bits per heavy atom. The van der Waals surface area contributed by atoms with Crippen LogP contribution < -0.4 is 0 Å². The molecule has 0 aliphatic heterocycles. The maximum Gasteiger partial charge on any atom is 0.213 e. The lowest BCUT2D eigenvalue weighted by molar-refractivity contribution is 0.0620. The van der Waals surface area contributed by atoms with Crippen molar-refractivity contribution in [3.05, 3.63) is 0 Å². The molecule has 0 aromatic rings. The van der Waals surface area contributed by atoms with Gasteiger partial charge in [0, 0.05) is 13.6 Å². The zero-order valence-electron chi connectivity index (χ0n) is 10.9. The molecule has 102 valence electrons. The topological polar surface area (TPSA) is 57.6 Å². The van der Waals surface area contributed by atoms with Gasteiger partial charge in [-0.2, -0.15) is 0 Å². The van der Waals surface area contributed by atoms with Crippen LogP contribution in [0.25, 0.3) is 0 Å². The smallest absolute Gasteiger partial charge is 0.213 e. The summed E-state index contributed by atoms with van der Waals surface area (Å²) >= 11 is 0. The molecule has 0 aromatic heterocycles. The van der Waals surface area contributed by atoms with E-state index in [4.69, 9.17) is 0 Å². The highest BCUT2D eigenvalue weighted by atomic mass is 32.2. The Morgan fingerprint density at radius 1 is 1.29 bits per heavy atom. The van der Waals surface area contributed by atoms with Gasteiger partial charge in [-0.25, -0.2) is 12.7 Å². The van der Waals surface area contributed by atoms with Crippen LogP contribution in [-0.4, -0.2) is 43.3 Å². The largest absolute Gasteiger partial charge is 0.393 e. The van der Waals surface area contributed by atoms with Crippen molar-refractivity contribution in [1.29, 1.82) is 0 Å². The van der Waals surface area contributed by atoms with Gasteiger partial charge in [-0.05, 0) is 25.2 Å². The highest BCUT2D eigenvalue weighted by molar-refractivity contribution is 7.89. The van der Waals surface area contributed by atoms with Crippen molar-refractivity contribution in [1.82, 2.24) is 4.31 Å². The average molecular weight is 263 g/mol. The zero-order chi connectivity index (χ0) is 12.9. The van der Waals surface area contributed by atoms with Crippen LogP contribution in [0.4, 0.5) is 0 Å². The third kappa shape index (κ3) is 4.56. The number of rotatable bonds is 6. The normalized spacial score (nSPS) is 26.4. The lowest BCUT2D eigenvalue weighted by Gasteiger charge is -2.30. The Kier molecular flexibility index (Phi) is 5.89. The predicted molar refractivity (Wildman–Crippen MR) is 69.3 cm³/mol. The van der Waals surface area contributed by atoms with Gasteiger partial charge in [-0.1, -0.05) is 26.2 Å². The Balaban J connectivity index is 2.49. The second-order valence-electron chi connectivity index (χ2n) is 5.06. The molecule has 1 saturated carbocycles. The molecule has 17 heavy (non-hydrogen) atoms. The minimum atomic E-state index is -3.12. The molecule has 0 aromatic carbocycles. The molecule has 0 amide bonds. The van der Waals surface area contributed by atoms with Crippen molar-refractivity contribution in [3.63, 3.8) is 0 Å². The summed E-state index contributed by atoms with van der Waals surface area (Å²) < 4.78 is 25.3. The SMILES string of the molecule is CCCCS(=O)(=O)N(C)CC1CCCCC1O. The number of hydrogen-bond acceptors (Lipinski definition) is 3. The van der Waals surface area contributed by atoms with E-state index in [9.17, 15) is 13.5 Å². The highest BCUT2D eigenvalue weighted by Crippen LogP contribution is 2.25. The molecule has 5 heteroatoms. The van der Waals surface area contributed by atoms with Crippen molar-refractivity contribution in [2.75, 3.05) is 19.3 Å². The van der Waals surface area contributed by atoms with Crippen LogP contribution >= 0.6 is 0 Å². The van der Waals surface area contributed by atoms with Crippen molar-refractivity contribution in [2.45, 2.75) is 51.6 Å². The first-order valence-corrected chi connectivity index (χ1v) is 8.20. The molecule has 2 atom stereocenters. The van der Waals surface area contributed by atoms with Gasteiger partial charge in [0.2, 0.25) is 10.0 Å². The van der Waals surface area contributed by atoms with Gasteiger partial charge in [0.15, 0.2) is 0 Å². The second-order valence-corrected chi connectivity index (χ2v) is 7.26. The maximum atomic E-state index is 11.9. The lowest BCUT2D eigenvalue weighted by Crippen LogP contribution is -2.39. The second kappa shape index (κ2) is 6.71. The number of unbranched alkanes of at least 4 members (excludes halogenated alkanes) is 1. The molecular weight excluding hydrogens is 238 g/mol. The highest BCUT2D eigenvalue weighted by Gasteiger charge is 2.27. The molecule has 0 heterocycles. The van der Waals surface area contributed by atoms with Gasteiger partial charge in [0.1, 0.15) is 0 Å². The van der Waals surface area contributed by atoms with Crippen LogP contribution in [0, 0.1) is 5.92 Å². The fourth-order valence-corrected chi connectivity index (χ4v) is 3.71. The van der Waals surface area contributed by atoms with E-state index in [2.05, 4.69) is 0 Å². The first-order valence-electron chi connectivity index (χ1n) is 6.59. The van der Waals surface area contributed by atoms with Crippen molar-refractivity contribution >= 4 is 10.0 Å². The molecule has 1 aliphatic rings. The molecule has 2 unspecified atom stereocenters. The summed E-state index contributed by atoms with van der Waals surface area (Å²) in [6.07, 6.45) is 5.18. The average Bonchev–Trinajstić information content (AvgIpc) is 2.29. The van der Waals surface area contributed by atoms with Crippen LogP contribution in [0.15, 0.2) is 0 Å². The summed E-state index contributed by atoms with van der Waals surface area (Å²) in [5, 5.41) is 9.84. The zero-order valence-corrected chi connectivity index (χ0v) is 11.7. The summed E-state index contributed by atoms with van der Waals surface area (Å²) in [4.78, 5) is 0. The van der Waals surface area contributed by atoms with Gasteiger partial charge in [0.05, 0.1) is 11.9 Å². The molecular formula is C12H25NO3S. The predicted octanol–water partition coefficient (Wildman–Crippen LogP) is 1.60. The van der Waals surface area contributed by atoms with Crippen molar-refractivity contribution < 1.29 is 13.5 Å². The number of aliphatic hydroxyl groups excluding tert-OH is 1. The van der Waals surface area contributed by atoms with Crippen LogP contribution in [0.2, 0.25) is 0 Å². The monoisotopic (exact) mass is 263 g/mol. The van der Waals surface area contributed by atoms with Crippen molar-refractivity contribution in [2.24, 2.45) is 5.92 Å². The Bertz CT molecular complexity index is 316. The van der Waals surface area contributed by atoms with Gasteiger partial charge in [0.25, 0.3) is 0 Å². The summed E-state index contributed by atoms with van der Waals surface area (Å²) in [6, 6.07) is 0. The van der Waals surface area contributed by atoms with E-state index in [1.54, 1.807) is 7.05 Å². The van der Waals surface area contributed by atoms with Gasteiger partial charge in [-0.3, -0.25) is 0 Å². The summed E-state index contributed by atoms with van der Waals surface area (Å²) in [5.41, 5.74) is 0. The van der Waals surface area contributed by atoms with E-state index >= 15 is 0 Å². The summed E-state index contributed by atoms with van der Waals surface area (Å²) in [6.45, 7) is 2.45. The van der Waals surface area contributed by atoms with E-state index < -0.39 is 10.0 Å². The number of nitrogens with zero attached hydrogens (tertiary/aromatic N) is 1. The van der Waals surface area contributed by atoms with Crippen LogP contribution in [0.1, 0.15) is 45.4 Å². The number of aliphatic hydroxyl groups is 1. The third-order valence-electron chi connectivity index (χ3n) is 3.59. The first-order chi connectivity index (χ1) is 7.97. The molecule has 0 saturated heterocycles. The van der Waals surface area contributed by atoms with Gasteiger partial charge < -0.3 is 5.11 Å².